The molecule has 160 valence electrons. The Balaban J connectivity index is 2.04. The van der Waals surface area contributed by atoms with Gasteiger partial charge in [-0.2, -0.15) is 0 Å². The van der Waals surface area contributed by atoms with Gasteiger partial charge >= 0.3 is 0 Å². The lowest BCUT2D eigenvalue weighted by Gasteiger charge is -2.15. The molecule has 31 heavy (non-hydrogen) atoms. The fourth-order valence-electron chi connectivity index (χ4n) is 3.78. The largest absolute Gasteiger partial charge is 0.318 e. The molecular weight excluding hydrogens is 417 g/mol. The summed E-state index contributed by atoms with van der Waals surface area (Å²) in [4.78, 5) is 17.3. The van der Waals surface area contributed by atoms with Gasteiger partial charge in [0.2, 0.25) is 10.0 Å². The molecule has 0 saturated heterocycles. The highest BCUT2D eigenvalue weighted by molar-refractivity contribution is 7.89. The third-order valence-electron chi connectivity index (χ3n) is 5.33. The summed E-state index contributed by atoms with van der Waals surface area (Å²) in [5.74, 6) is -0.357. The summed E-state index contributed by atoms with van der Waals surface area (Å²) in [5, 5.41) is 0. The average molecular weight is 440 g/mol. The fourth-order valence-corrected chi connectivity index (χ4v) is 4.85. The molecule has 1 atom stereocenters. The molecule has 1 aromatic heterocycles. The number of sulfonamides is 1. The molecule has 6 nitrogen and oxygen atoms in total. The number of halogens is 1. The second-order valence-electron chi connectivity index (χ2n) is 7.46. The number of aryl methyl sites for hydroxylation is 1. The number of nitrogens with zero attached hydrogens (tertiary/aromatic N) is 2. The number of aliphatic imine (C=N–C) groups is 1. The minimum absolute atomic E-state index is 0.126. The number of aromatic nitrogens is 1. The van der Waals surface area contributed by atoms with Gasteiger partial charge in [-0.15, -0.1) is 0 Å². The summed E-state index contributed by atoms with van der Waals surface area (Å²) >= 11 is 0. The van der Waals surface area contributed by atoms with Crippen LogP contribution in [0.4, 0.5) is 4.39 Å². The minimum atomic E-state index is -3.69. The van der Waals surface area contributed by atoms with Crippen LogP contribution in [0.2, 0.25) is 0 Å². The van der Waals surface area contributed by atoms with Crippen LogP contribution < -0.4 is 10.3 Å². The maximum Gasteiger partial charge on any atom is 0.250 e. The van der Waals surface area contributed by atoms with E-state index in [0.717, 1.165) is 5.56 Å². The topological polar surface area (TPSA) is 80.5 Å². The Morgan fingerprint density at radius 3 is 2.45 bits per heavy atom. The maximum atomic E-state index is 13.5. The van der Waals surface area contributed by atoms with Crippen molar-refractivity contribution in [3.63, 3.8) is 0 Å². The smallest absolute Gasteiger partial charge is 0.250 e. The van der Waals surface area contributed by atoms with E-state index in [-0.39, 0.29) is 28.9 Å². The van der Waals surface area contributed by atoms with E-state index in [1.54, 1.807) is 44.4 Å². The predicted octanol–water partition coefficient (Wildman–Crippen LogP) is 3.40. The number of benzene rings is 2. The van der Waals surface area contributed by atoms with E-state index < -0.39 is 10.0 Å². The van der Waals surface area contributed by atoms with Gasteiger partial charge in [0.05, 0.1) is 16.6 Å². The van der Waals surface area contributed by atoms with Crippen LogP contribution in [-0.4, -0.2) is 25.2 Å². The third-order valence-corrected chi connectivity index (χ3v) is 6.88. The maximum absolute atomic E-state index is 13.5. The van der Waals surface area contributed by atoms with E-state index in [4.69, 9.17) is 4.99 Å². The molecule has 1 aliphatic rings. The van der Waals surface area contributed by atoms with Gasteiger partial charge in [0.15, 0.2) is 0 Å². The van der Waals surface area contributed by atoms with Gasteiger partial charge in [-0.25, -0.2) is 17.5 Å². The monoisotopic (exact) mass is 439 g/mol. The van der Waals surface area contributed by atoms with Crippen LogP contribution in [0, 0.1) is 5.82 Å². The van der Waals surface area contributed by atoms with E-state index >= 15 is 0 Å². The molecule has 0 radical (unpaired) electrons. The third kappa shape index (κ3) is 3.84. The summed E-state index contributed by atoms with van der Waals surface area (Å²) in [6, 6.07) is 12.0. The molecule has 4 rings (SSSR count). The van der Waals surface area contributed by atoms with Gasteiger partial charge in [0.25, 0.3) is 5.56 Å². The van der Waals surface area contributed by atoms with Crippen LogP contribution in [0.3, 0.4) is 0 Å². The quantitative estimate of drug-likeness (QED) is 0.677. The first kappa shape index (κ1) is 21.1. The van der Waals surface area contributed by atoms with E-state index in [0.29, 0.717) is 28.0 Å². The number of nitrogens with one attached hydrogen (secondary N) is 1. The molecular formula is C23H22FN3O3S. The lowest BCUT2D eigenvalue weighted by molar-refractivity contribution is 0.584. The Morgan fingerprint density at radius 2 is 1.77 bits per heavy atom. The molecule has 0 bridgehead atoms. The highest BCUT2D eigenvalue weighted by Gasteiger charge is 2.26. The highest BCUT2D eigenvalue weighted by Crippen LogP contribution is 2.37. The Kier molecular flexibility index (Phi) is 5.36. The first-order chi connectivity index (χ1) is 14.7. The van der Waals surface area contributed by atoms with Crippen molar-refractivity contribution in [1.82, 2.24) is 9.29 Å². The molecule has 0 fully saturated rings. The van der Waals surface area contributed by atoms with E-state index in [9.17, 15) is 17.6 Å². The SMILES string of the molecule is CCNS(=O)(=O)c1ccc2c(c1)-c1cn(C)c(=O)cc1C(C)N=C2c1ccc(F)cc1. The fraction of sp³-hybridized carbons (Fsp3) is 0.217. The van der Waals surface area contributed by atoms with Crippen molar-refractivity contribution in [3.8, 4) is 11.1 Å². The van der Waals surface area contributed by atoms with Crippen LogP contribution in [0.1, 0.15) is 36.6 Å². The van der Waals surface area contributed by atoms with Crippen LogP contribution in [0.5, 0.6) is 0 Å². The van der Waals surface area contributed by atoms with Crippen molar-refractivity contribution >= 4 is 15.7 Å². The van der Waals surface area contributed by atoms with Crippen LogP contribution in [0.15, 0.2) is 69.4 Å². The zero-order valence-electron chi connectivity index (χ0n) is 17.4. The van der Waals surface area contributed by atoms with Gasteiger partial charge in [-0.1, -0.05) is 13.0 Å². The highest BCUT2D eigenvalue weighted by atomic mass is 32.2. The van der Waals surface area contributed by atoms with Crippen LogP contribution >= 0.6 is 0 Å². The van der Waals surface area contributed by atoms with E-state index in [1.807, 2.05) is 6.92 Å². The molecule has 1 aliphatic heterocycles. The van der Waals surface area contributed by atoms with Crippen molar-refractivity contribution in [1.29, 1.82) is 0 Å². The second kappa shape index (κ2) is 7.86. The summed E-state index contributed by atoms with van der Waals surface area (Å²) in [6.07, 6.45) is 1.71. The molecule has 3 aromatic rings. The number of rotatable bonds is 4. The summed E-state index contributed by atoms with van der Waals surface area (Å²) < 4.78 is 42.8. The Labute approximate surface area is 180 Å². The minimum Gasteiger partial charge on any atom is -0.318 e. The zero-order chi connectivity index (χ0) is 22.3. The van der Waals surface area contributed by atoms with Crippen LogP contribution in [-0.2, 0) is 17.1 Å². The Hall–Kier alpha value is -3.10. The van der Waals surface area contributed by atoms with Crippen molar-refractivity contribution in [2.75, 3.05) is 6.54 Å². The lowest BCUT2D eigenvalue weighted by atomic mass is 9.92. The molecule has 0 saturated carbocycles. The van der Waals surface area contributed by atoms with Crippen molar-refractivity contribution < 1.29 is 12.8 Å². The first-order valence-electron chi connectivity index (χ1n) is 9.90. The molecule has 0 amide bonds. The number of pyridine rings is 1. The summed E-state index contributed by atoms with van der Waals surface area (Å²) in [7, 11) is -2.03. The molecule has 0 spiro atoms. The zero-order valence-corrected chi connectivity index (χ0v) is 18.2. The molecule has 8 heteroatoms. The molecule has 1 unspecified atom stereocenters. The Bertz CT molecular complexity index is 1360. The van der Waals surface area contributed by atoms with Crippen molar-refractivity contribution in [3.05, 3.63) is 87.6 Å². The van der Waals surface area contributed by atoms with Gasteiger partial charge in [0.1, 0.15) is 5.82 Å². The van der Waals surface area contributed by atoms with E-state index in [2.05, 4.69) is 4.72 Å². The predicted molar refractivity (Wildman–Crippen MR) is 118 cm³/mol. The summed E-state index contributed by atoms with van der Waals surface area (Å²) in [6.45, 7) is 3.86. The van der Waals surface area contributed by atoms with Gasteiger partial charge in [-0.05, 0) is 54.4 Å². The lowest BCUT2D eigenvalue weighted by Crippen LogP contribution is -2.23. The van der Waals surface area contributed by atoms with Gasteiger partial charge in [-0.3, -0.25) is 9.79 Å². The molecule has 1 N–H and O–H groups in total. The Morgan fingerprint density at radius 1 is 1.06 bits per heavy atom. The molecule has 0 aliphatic carbocycles. The number of fused-ring (bicyclic) bond motifs is 3. The van der Waals surface area contributed by atoms with Crippen molar-refractivity contribution in [2.45, 2.75) is 24.8 Å². The first-order valence-corrected chi connectivity index (χ1v) is 11.4. The average Bonchev–Trinajstić information content (AvgIpc) is 2.84. The number of hydrogen-bond acceptors (Lipinski definition) is 4. The molecule has 2 aromatic carbocycles. The van der Waals surface area contributed by atoms with Gasteiger partial charge in [0, 0.05) is 42.5 Å². The molecule has 2 heterocycles. The second-order valence-corrected chi connectivity index (χ2v) is 9.23. The van der Waals surface area contributed by atoms with Gasteiger partial charge < -0.3 is 4.57 Å². The van der Waals surface area contributed by atoms with Crippen molar-refractivity contribution in [2.24, 2.45) is 12.0 Å². The summed E-state index contributed by atoms with van der Waals surface area (Å²) in [5.41, 5.74) is 3.95. The van der Waals surface area contributed by atoms with E-state index in [1.165, 1.54) is 28.8 Å². The number of hydrogen-bond donors (Lipinski definition) is 1. The normalized spacial score (nSPS) is 15.6. The standard InChI is InChI=1S/C23H22FN3O3S/c1-4-25-31(29,30)17-9-10-18-20(11-17)21-13-27(3)22(28)12-19(21)14(2)26-23(18)15-5-7-16(24)8-6-15/h5-14,25H,4H2,1-3H3. The van der Waals surface area contributed by atoms with Crippen LogP contribution in [0.25, 0.3) is 11.1 Å².